The van der Waals surface area contributed by atoms with Crippen LogP contribution in [0, 0.1) is 15.9 Å². The Balaban J connectivity index is 2.07. The predicted octanol–water partition coefficient (Wildman–Crippen LogP) is 2.02. The zero-order valence-electron chi connectivity index (χ0n) is 11.8. The molecule has 0 fully saturated rings. The minimum atomic E-state index is -0.563. The van der Waals surface area contributed by atoms with E-state index in [9.17, 15) is 19.3 Å². The molecule has 1 aromatic heterocycles. The van der Waals surface area contributed by atoms with Gasteiger partial charge in [-0.25, -0.2) is 4.39 Å². The molecular formula is C14H14FN3O4. The number of nitro groups is 1. The Kier molecular flexibility index (Phi) is 4.72. The van der Waals surface area contributed by atoms with Crippen molar-refractivity contribution in [2.75, 3.05) is 19.0 Å². The number of benzene rings is 1. The third-order valence-corrected chi connectivity index (χ3v) is 3.01. The molecule has 1 heterocycles. The highest BCUT2D eigenvalue weighted by atomic mass is 19.1. The SMILES string of the molecule is COc1cc(F)ccc1NCCn1cc([N+](=O)[O-])ccc1=O. The van der Waals surface area contributed by atoms with Crippen LogP contribution in [0.4, 0.5) is 15.8 Å². The zero-order chi connectivity index (χ0) is 16.1. The maximum Gasteiger partial charge on any atom is 0.285 e. The number of methoxy groups -OCH3 is 1. The zero-order valence-corrected chi connectivity index (χ0v) is 11.8. The van der Waals surface area contributed by atoms with Crippen LogP contribution in [0.3, 0.4) is 0 Å². The smallest absolute Gasteiger partial charge is 0.285 e. The molecule has 0 amide bonds. The Morgan fingerprint density at radius 1 is 1.36 bits per heavy atom. The lowest BCUT2D eigenvalue weighted by atomic mass is 10.3. The highest BCUT2D eigenvalue weighted by Crippen LogP contribution is 2.24. The van der Waals surface area contributed by atoms with Crippen molar-refractivity contribution in [3.63, 3.8) is 0 Å². The van der Waals surface area contributed by atoms with Gasteiger partial charge in [-0.05, 0) is 12.1 Å². The van der Waals surface area contributed by atoms with Gasteiger partial charge in [0.15, 0.2) is 0 Å². The molecule has 0 aliphatic carbocycles. The van der Waals surface area contributed by atoms with Crippen molar-refractivity contribution in [1.29, 1.82) is 0 Å². The van der Waals surface area contributed by atoms with E-state index in [0.717, 1.165) is 12.1 Å². The Morgan fingerprint density at radius 3 is 2.82 bits per heavy atom. The first-order valence-electron chi connectivity index (χ1n) is 6.43. The third kappa shape index (κ3) is 3.60. The van der Waals surface area contributed by atoms with E-state index >= 15 is 0 Å². The molecule has 2 aromatic rings. The van der Waals surface area contributed by atoms with Crippen LogP contribution < -0.4 is 15.6 Å². The summed E-state index contributed by atoms with van der Waals surface area (Å²) in [5.41, 5.74) is 0.0832. The number of anilines is 1. The van der Waals surface area contributed by atoms with Crippen molar-refractivity contribution in [3.8, 4) is 5.75 Å². The molecular weight excluding hydrogens is 293 g/mol. The first kappa shape index (κ1) is 15.5. The van der Waals surface area contributed by atoms with Crippen molar-refractivity contribution in [3.05, 3.63) is 62.8 Å². The lowest BCUT2D eigenvalue weighted by Crippen LogP contribution is -2.22. The van der Waals surface area contributed by atoms with Gasteiger partial charge in [0, 0.05) is 31.3 Å². The van der Waals surface area contributed by atoms with Gasteiger partial charge in [-0.2, -0.15) is 0 Å². The van der Waals surface area contributed by atoms with E-state index < -0.39 is 10.7 Å². The van der Waals surface area contributed by atoms with Crippen LogP contribution in [0.25, 0.3) is 0 Å². The van der Waals surface area contributed by atoms with Crippen molar-refractivity contribution < 1.29 is 14.1 Å². The fourth-order valence-corrected chi connectivity index (χ4v) is 1.92. The van der Waals surface area contributed by atoms with E-state index in [-0.39, 0.29) is 17.8 Å². The van der Waals surface area contributed by atoms with Crippen LogP contribution in [-0.2, 0) is 6.54 Å². The molecule has 0 unspecified atom stereocenters. The lowest BCUT2D eigenvalue weighted by Gasteiger charge is -2.12. The molecule has 7 nitrogen and oxygen atoms in total. The fourth-order valence-electron chi connectivity index (χ4n) is 1.92. The first-order valence-corrected chi connectivity index (χ1v) is 6.43. The van der Waals surface area contributed by atoms with Crippen LogP contribution in [0.1, 0.15) is 0 Å². The minimum Gasteiger partial charge on any atom is -0.494 e. The third-order valence-electron chi connectivity index (χ3n) is 3.01. The van der Waals surface area contributed by atoms with E-state index in [4.69, 9.17) is 4.74 Å². The standard InChI is InChI=1S/C14H14FN3O4/c1-22-13-8-10(15)2-4-12(13)16-6-7-17-9-11(18(20)21)3-5-14(17)19/h2-5,8-9,16H,6-7H2,1H3. The number of rotatable bonds is 6. The summed E-state index contributed by atoms with van der Waals surface area (Å²) >= 11 is 0. The molecule has 0 bridgehead atoms. The van der Waals surface area contributed by atoms with Crippen LogP contribution in [0.15, 0.2) is 41.3 Å². The minimum absolute atomic E-state index is 0.154. The van der Waals surface area contributed by atoms with Crippen molar-refractivity contribution >= 4 is 11.4 Å². The molecule has 0 radical (unpaired) electrons. The van der Waals surface area contributed by atoms with Crippen LogP contribution in [-0.4, -0.2) is 23.1 Å². The molecule has 0 saturated heterocycles. The van der Waals surface area contributed by atoms with Gasteiger partial charge in [0.05, 0.1) is 23.9 Å². The van der Waals surface area contributed by atoms with Crippen molar-refractivity contribution in [2.45, 2.75) is 6.54 Å². The number of halogens is 1. The van der Waals surface area contributed by atoms with Crippen LogP contribution in [0.5, 0.6) is 5.75 Å². The molecule has 0 atom stereocenters. The van der Waals surface area contributed by atoms with Crippen LogP contribution >= 0.6 is 0 Å². The Hall–Kier alpha value is -2.90. The second kappa shape index (κ2) is 6.70. The van der Waals surface area contributed by atoms with E-state index in [1.165, 1.54) is 36.1 Å². The summed E-state index contributed by atoms with van der Waals surface area (Å²) in [4.78, 5) is 21.8. The normalized spacial score (nSPS) is 10.3. The number of ether oxygens (including phenoxy) is 1. The van der Waals surface area contributed by atoms with Crippen molar-refractivity contribution in [2.24, 2.45) is 0 Å². The van der Waals surface area contributed by atoms with Gasteiger partial charge in [-0.15, -0.1) is 0 Å². The molecule has 22 heavy (non-hydrogen) atoms. The molecule has 0 saturated carbocycles. The Morgan fingerprint density at radius 2 is 2.14 bits per heavy atom. The molecule has 116 valence electrons. The van der Waals surface area contributed by atoms with Gasteiger partial charge >= 0.3 is 0 Å². The number of nitrogens with zero attached hydrogens (tertiary/aromatic N) is 2. The molecule has 0 spiro atoms. The van der Waals surface area contributed by atoms with Crippen molar-refractivity contribution in [1.82, 2.24) is 4.57 Å². The number of hydrogen-bond donors (Lipinski definition) is 1. The molecule has 8 heteroatoms. The van der Waals surface area contributed by atoms with Gasteiger partial charge in [-0.3, -0.25) is 14.9 Å². The molecule has 1 N–H and O–H groups in total. The van der Waals surface area contributed by atoms with E-state index in [0.29, 0.717) is 18.0 Å². The summed E-state index contributed by atoms with van der Waals surface area (Å²) in [6, 6.07) is 6.35. The maximum absolute atomic E-state index is 13.1. The fraction of sp³-hybridized carbons (Fsp3) is 0.214. The first-order chi connectivity index (χ1) is 10.5. The molecule has 0 aliphatic rings. The number of aromatic nitrogens is 1. The molecule has 2 rings (SSSR count). The Labute approximate surface area is 125 Å². The quantitative estimate of drug-likeness (QED) is 0.651. The van der Waals surface area contributed by atoms with Gasteiger partial charge in [0.25, 0.3) is 11.2 Å². The molecule has 0 aliphatic heterocycles. The largest absolute Gasteiger partial charge is 0.494 e. The summed E-state index contributed by atoms with van der Waals surface area (Å²) in [7, 11) is 1.42. The predicted molar refractivity (Wildman–Crippen MR) is 78.8 cm³/mol. The van der Waals surface area contributed by atoms with E-state index in [1.54, 1.807) is 0 Å². The van der Waals surface area contributed by atoms with E-state index in [1.807, 2.05) is 0 Å². The van der Waals surface area contributed by atoms with Gasteiger partial charge in [-0.1, -0.05) is 0 Å². The maximum atomic E-state index is 13.1. The number of nitrogens with one attached hydrogen (secondary N) is 1. The number of pyridine rings is 1. The summed E-state index contributed by atoms with van der Waals surface area (Å²) in [5.74, 6) is -0.0799. The average Bonchev–Trinajstić information content (AvgIpc) is 2.50. The second-order valence-corrected chi connectivity index (χ2v) is 4.45. The monoisotopic (exact) mass is 307 g/mol. The van der Waals surface area contributed by atoms with E-state index in [2.05, 4.69) is 5.32 Å². The average molecular weight is 307 g/mol. The summed E-state index contributed by atoms with van der Waals surface area (Å²) in [6.45, 7) is 0.546. The lowest BCUT2D eigenvalue weighted by molar-refractivity contribution is -0.385. The van der Waals surface area contributed by atoms with Gasteiger partial charge < -0.3 is 14.6 Å². The van der Waals surface area contributed by atoms with Crippen LogP contribution in [0.2, 0.25) is 0 Å². The highest BCUT2D eigenvalue weighted by molar-refractivity contribution is 5.56. The summed E-state index contributed by atoms with van der Waals surface area (Å²) in [6.07, 6.45) is 1.19. The Bertz CT molecular complexity index is 745. The summed E-state index contributed by atoms with van der Waals surface area (Å²) in [5, 5.41) is 13.7. The van der Waals surface area contributed by atoms with Gasteiger partial charge in [0.2, 0.25) is 0 Å². The summed E-state index contributed by atoms with van der Waals surface area (Å²) < 4.78 is 19.4. The topological polar surface area (TPSA) is 86.4 Å². The second-order valence-electron chi connectivity index (χ2n) is 4.45. The molecule has 1 aromatic carbocycles. The highest BCUT2D eigenvalue weighted by Gasteiger charge is 2.08. The number of hydrogen-bond acceptors (Lipinski definition) is 5. The van der Waals surface area contributed by atoms with Gasteiger partial charge in [0.1, 0.15) is 11.6 Å².